The maximum Gasteiger partial charge on any atom is 0.472 e. The van der Waals surface area contributed by atoms with Crippen LogP contribution in [0.2, 0.25) is 0 Å². The summed E-state index contributed by atoms with van der Waals surface area (Å²) < 4.78 is 65.3. The Kier molecular flexibility index (Phi) is 54.4. The van der Waals surface area contributed by atoms with Crippen LogP contribution in [-0.2, 0) is 61.2 Å². The molecule has 0 amide bonds. The molecule has 3 fully saturated rings. The Morgan fingerprint density at radius 3 is 1.05 bits per heavy atom. The molecule has 2 saturated heterocycles. The summed E-state index contributed by atoms with van der Waals surface area (Å²) in [4.78, 5) is 51.2. The molecule has 24 nitrogen and oxygen atoms in total. The Labute approximate surface area is 619 Å². The lowest BCUT2D eigenvalue weighted by Crippen LogP contribution is -2.69. The van der Waals surface area contributed by atoms with Gasteiger partial charge in [-0.05, 0) is 25.2 Å². The lowest BCUT2D eigenvalue weighted by molar-refractivity contribution is -0.360. The van der Waals surface area contributed by atoms with Crippen molar-refractivity contribution in [3.63, 3.8) is 0 Å². The van der Waals surface area contributed by atoms with Gasteiger partial charge in [0.1, 0.15) is 98.7 Å². The van der Waals surface area contributed by atoms with Gasteiger partial charge in [0.2, 0.25) is 0 Å². The van der Waals surface area contributed by atoms with Gasteiger partial charge in [-0.1, -0.05) is 304 Å². The third-order valence-corrected chi connectivity index (χ3v) is 21.8. The molecule has 1 saturated carbocycles. The van der Waals surface area contributed by atoms with Crippen LogP contribution in [0, 0.1) is 5.92 Å². The third kappa shape index (κ3) is 41.5. The molecule has 0 spiro atoms. The molecule has 11 N–H and O–H groups in total. The number of esters is 3. The van der Waals surface area contributed by atoms with Gasteiger partial charge in [-0.3, -0.25) is 23.4 Å². The van der Waals surface area contributed by atoms with Crippen LogP contribution in [0.25, 0.3) is 0 Å². The maximum atomic E-state index is 14.4. The summed E-state index contributed by atoms with van der Waals surface area (Å²) in [5, 5.41) is 110. The Balaban J connectivity index is 1.70. The molecular weight excluding hydrogens is 1350 g/mol. The van der Waals surface area contributed by atoms with Crippen LogP contribution in [-0.4, -0.2) is 204 Å². The summed E-state index contributed by atoms with van der Waals surface area (Å²) in [6, 6.07) is 0. The van der Waals surface area contributed by atoms with Gasteiger partial charge in [0.25, 0.3) is 0 Å². The van der Waals surface area contributed by atoms with E-state index in [4.69, 9.17) is 42.2 Å². The first-order valence-corrected chi connectivity index (χ1v) is 42.7. The number of hydrogen-bond donors (Lipinski definition) is 11. The van der Waals surface area contributed by atoms with Gasteiger partial charge in [0, 0.05) is 19.3 Å². The number of phosphoric ester groups is 1. The van der Waals surface area contributed by atoms with Gasteiger partial charge in [0.15, 0.2) is 18.7 Å². The fourth-order valence-electron chi connectivity index (χ4n) is 14.0. The number of aliphatic hydroxyl groups is 10. The number of aliphatic hydroxyl groups excluding tert-OH is 10. The molecule has 19 unspecified atom stereocenters. The third-order valence-electron chi connectivity index (χ3n) is 20.8. The minimum atomic E-state index is -5.70. The largest absolute Gasteiger partial charge is 0.472 e. The van der Waals surface area contributed by atoms with Crippen molar-refractivity contribution >= 4 is 25.7 Å². The second-order valence-corrected chi connectivity index (χ2v) is 31.5. The first-order valence-electron chi connectivity index (χ1n) is 41.2. The van der Waals surface area contributed by atoms with Crippen molar-refractivity contribution in [2.45, 2.75) is 446 Å². The standard InChI is InChI=1S/C78H147O24P/c1-5-8-11-14-17-19-21-23-25-26-28-30-31-33-35-41-46-51-62(80)94-55-59(97-64(82)53-48-43-38-37-40-45-50-58(4)49-44-39-16-13-10-7-3)56-96-103(92,93)102-76-74(100-77-72(90)67(85)65(83)60(54-79)98-77)70(88)69(87)71(89)75(76)101-78-73(91)68(86)66(84)61(99-78)57-95-63(81)52-47-42-36-34-32-29-27-24-22-20-18-15-12-9-6-2/h58-61,65-79,83-91H,5-57H2,1-4H3,(H,92,93). The van der Waals surface area contributed by atoms with Crippen molar-refractivity contribution in [2.24, 2.45) is 5.92 Å². The zero-order valence-electron chi connectivity index (χ0n) is 64.0. The van der Waals surface area contributed by atoms with Crippen molar-refractivity contribution in [2.75, 3.05) is 26.4 Å². The minimum Gasteiger partial charge on any atom is -0.463 e. The molecule has 2 aliphatic heterocycles. The van der Waals surface area contributed by atoms with E-state index in [0.717, 1.165) is 89.9 Å². The van der Waals surface area contributed by atoms with Gasteiger partial charge < -0.3 is 89.1 Å². The average Bonchev–Trinajstić information content (AvgIpc) is 0.761. The van der Waals surface area contributed by atoms with E-state index in [-0.39, 0.29) is 19.3 Å². The fraction of sp³-hybridized carbons (Fsp3) is 0.962. The summed E-state index contributed by atoms with van der Waals surface area (Å²) >= 11 is 0. The van der Waals surface area contributed by atoms with Gasteiger partial charge in [-0.25, -0.2) is 4.57 Å². The molecule has 0 radical (unpaired) electrons. The molecular formula is C78H147O24P. The van der Waals surface area contributed by atoms with Gasteiger partial charge >= 0.3 is 25.7 Å². The lowest BCUT2D eigenvalue weighted by Gasteiger charge is -2.49. The number of carbonyl (C=O) groups is 3. The first-order chi connectivity index (χ1) is 49.7. The first kappa shape index (κ1) is 95.2. The number of unbranched alkanes of at least 4 members (excludes halogenated alkanes) is 40. The second-order valence-electron chi connectivity index (χ2n) is 30.1. The summed E-state index contributed by atoms with van der Waals surface area (Å²) in [6.45, 7) is 5.83. The molecule has 2 heterocycles. The highest BCUT2D eigenvalue weighted by Crippen LogP contribution is 2.49. The smallest absolute Gasteiger partial charge is 0.463 e. The van der Waals surface area contributed by atoms with E-state index in [1.165, 1.54) is 186 Å². The van der Waals surface area contributed by atoms with Crippen molar-refractivity contribution in [3.05, 3.63) is 0 Å². The van der Waals surface area contributed by atoms with E-state index in [0.29, 0.717) is 25.2 Å². The molecule has 0 aromatic heterocycles. The van der Waals surface area contributed by atoms with Gasteiger partial charge in [0.05, 0.1) is 13.2 Å². The number of rotatable bonds is 65. The summed E-state index contributed by atoms with van der Waals surface area (Å²) in [6.07, 6.45) is 17.1. The Morgan fingerprint density at radius 1 is 0.369 bits per heavy atom. The topological polar surface area (TPSA) is 374 Å². The van der Waals surface area contributed by atoms with E-state index in [1.54, 1.807) is 0 Å². The monoisotopic (exact) mass is 1500 g/mol. The van der Waals surface area contributed by atoms with Crippen LogP contribution >= 0.6 is 7.82 Å². The van der Waals surface area contributed by atoms with E-state index in [9.17, 15) is 74.9 Å². The fourth-order valence-corrected chi connectivity index (χ4v) is 15.0. The van der Waals surface area contributed by atoms with Crippen LogP contribution in [0.15, 0.2) is 0 Å². The van der Waals surface area contributed by atoms with Crippen molar-refractivity contribution in [1.82, 2.24) is 0 Å². The van der Waals surface area contributed by atoms with Crippen LogP contribution in [0.4, 0.5) is 0 Å². The predicted octanol–water partition coefficient (Wildman–Crippen LogP) is 12.8. The van der Waals surface area contributed by atoms with Crippen molar-refractivity contribution in [1.29, 1.82) is 0 Å². The second kappa shape index (κ2) is 58.9. The Hall–Kier alpha value is -2.04. The maximum absolute atomic E-state index is 14.4. The zero-order valence-corrected chi connectivity index (χ0v) is 64.9. The van der Waals surface area contributed by atoms with E-state index >= 15 is 0 Å². The number of phosphoric acid groups is 1. The number of hydrogen-bond acceptors (Lipinski definition) is 23. The Morgan fingerprint density at radius 2 is 0.680 bits per heavy atom. The molecule has 3 rings (SSSR count). The highest BCUT2D eigenvalue weighted by Gasteiger charge is 2.58. The van der Waals surface area contributed by atoms with Crippen LogP contribution in [0.1, 0.15) is 342 Å². The predicted molar refractivity (Wildman–Crippen MR) is 393 cm³/mol. The van der Waals surface area contributed by atoms with Crippen molar-refractivity contribution in [3.8, 4) is 0 Å². The van der Waals surface area contributed by atoms with Gasteiger partial charge in [-0.2, -0.15) is 0 Å². The minimum absolute atomic E-state index is 0.0336. The quantitative estimate of drug-likeness (QED) is 0.0117. The summed E-state index contributed by atoms with van der Waals surface area (Å²) in [7, 11) is -5.70. The molecule has 1 aliphatic carbocycles. The molecule has 19 atom stereocenters. The van der Waals surface area contributed by atoms with Gasteiger partial charge in [-0.15, -0.1) is 0 Å². The van der Waals surface area contributed by atoms with Crippen molar-refractivity contribution < 1.29 is 117 Å². The highest BCUT2D eigenvalue weighted by molar-refractivity contribution is 7.47. The average molecular weight is 1500 g/mol. The summed E-state index contributed by atoms with van der Waals surface area (Å²) in [5.41, 5.74) is 0. The molecule has 103 heavy (non-hydrogen) atoms. The zero-order chi connectivity index (χ0) is 75.5. The van der Waals surface area contributed by atoms with E-state index in [2.05, 4.69) is 27.7 Å². The molecule has 0 bridgehead atoms. The Bertz CT molecular complexity index is 2130. The van der Waals surface area contributed by atoms with E-state index < -0.39 is 156 Å². The van der Waals surface area contributed by atoms with E-state index in [1.807, 2.05) is 0 Å². The van der Waals surface area contributed by atoms with Crippen LogP contribution < -0.4 is 0 Å². The summed E-state index contributed by atoms with van der Waals surface area (Å²) in [5.74, 6) is -1.29. The number of ether oxygens (including phenoxy) is 7. The molecule has 0 aromatic rings. The molecule has 608 valence electrons. The SMILES string of the molecule is CCCCCCCCCCCCCCCCCCCC(=O)OCC(COP(=O)(O)OC1C(OC2OC(CO)C(O)C(O)C2O)C(O)C(O)C(O)C1OC1OC(COC(=O)CCCCCCCCCCCCCCCCC)C(O)C(O)C1O)OC(=O)CCCCCCCCC(C)CCCCCCCC. The van der Waals surface area contributed by atoms with Crippen LogP contribution in [0.5, 0.6) is 0 Å². The molecule has 3 aliphatic rings. The molecule has 0 aromatic carbocycles. The van der Waals surface area contributed by atoms with Crippen LogP contribution in [0.3, 0.4) is 0 Å². The highest BCUT2D eigenvalue weighted by atomic mass is 31.2. The number of carbonyl (C=O) groups excluding carboxylic acids is 3. The normalized spacial score (nSPS) is 27.1. The lowest BCUT2D eigenvalue weighted by atomic mass is 9.84. The molecule has 25 heteroatoms.